The summed E-state index contributed by atoms with van der Waals surface area (Å²) in [6, 6.07) is 28.6. The van der Waals surface area contributed by atoms with E-state index in [1.54, 1.807) is 0 Å². The number of nitrogens with two attached hydrogens (primary N) is 1. The molecule has 0 saturated heterocycles. The Morgan fingerprint density at radius 1 is 0.792 bits per heavy atom. The average Bonchev–Trinajstić information content (AvgIpc) is 2.66. The predicted octanol–water partition coefficient (Wildman–Crippen LogP) is 3.18. The van der Waals surface area contributed by atoms with Crippen molar-refractivity contribution in [1.82, 2.24) is 0 Å². The highest BCUT2D eigenvalue weighted by atomic mass is 28.3. The van der Waals surface area contributed by atoms with Gasteiger partial charge in [0.05, 0.1) is 6.23 Å². The molecule has 0 aliphatic carbocycles. The van der Waals surface area contributed by atoms with Crippen LogP contribution in [0.2, 0.25) is 0 Å². The van der Waals surface area contributed by atoms with E-state index in [1.807, 2.05) is 36.4 Å². The highest BCUT2D eigenvalue weighted by Crippen LogP contribution is 2.16. The van der Waals surface area contributed by atoms with E-state index < -0.39 is 8.07 Å². The quantitative estimate of drug-likeness (QED) is 0.556. The van der Waals surface area contributed by atoms with Crippen molar-refractivity contribution in [2.75, 3.05) is 12.0 Å². The van der Waals surface area contributed by atoms with Gasteiger partial charge in [0.25, 0.3) is 0 Å². The zero-order chi connectivity index (χ0) is 16.8. The minimum absolute atomic E-state index is 0.606. The van der Waals surface area contributed by atoms with Crippen LogP contribution in [0, 0.1) is 0 Å². The first-order valence-corrected chi connectivity index (χ1v) is 10.3. The van der Waals surface area contributed by atoms with Gasteiger partial charge in [-0.3, -0.25) is 0 Å². The van der Waals surface area contributed by atoms with E-state index in [0.29, 0.717) is 6.23 Å². The van der Waals surface area contributed by atoms with Gasteiger partial charge in [-0.2, -0.15) is 0 Å². The number of hydrogen-bond donors (Lipinski definition) is 1. The van der Waals surface area contributed by atoms with Crippen LogP contribution in [-0.4, -0.2) is 14.3 Å². The second-order valence-electron chi connectivity index (χ2n) is 5.77. The highest BCUT2D eigenvalue weighted by molar-refractivity contribution is 7.05. The van der Waals surface area contributed by atoms with Crippen LogP contribution >= 0.6 is 0 Å². The first kappa shape index (κ1) is 16.1. The van der Waals surface area contributed by atoms with Crippen molar-refractivity contribution in [3.8, 4) is 5.75 Å². The minimum Gasteiger partial charge on any atom is -0.496 e. The van der Waals surface area contributed by atoms with Crippen molar-refractivity contribution < 1.29 is 4.74 Å². The van der Waals surface area contributed by atoms with E-state index >= 15 is 0 Å². The molecule has 0 saturated carbocycles. The molecular weight excluding hydrogens is 310 g/mol. The third-order valence-electron chi connectivity index (χ3n) is 4.27. The second kappa shape index (κ2) is 7.19. The van der Waals surface area contributed by atoms with Gasteiger partial charge in [-0.15, -0.1) is 6.58 Å². The van der Waals surface area contributed by atoms with Crippen LogP contribution in [0.4, 0.5) is 5.69 Å². The van der Waals surface area contributed by atoms with Gasteiger partial charge in [0.1, 0.15) is 5.75 Å². The van der Waals surface area contributed by atoms with Crippen LogP contribution in [-0.2, 0) is 0 Å². The standard InChI is InChI=1S/C21H21NOSi/c1-2-24(20-9-5-3-6-10-20,21-11-7-4-8-12-21)17-23-19-15-13-18(22)14-16-19/h2-16H,1,17,22H2. The average molecular weight is 331 g/mol. The normalized spacial score (nSPS) is 11.0. The molecule has 0 unspecified atom stereocenters. The Labute approximate surface area is 144 Å². The summed E-state index contributed by atoms with van der Waals surface area (Å²) in [5, 5.41) is 2.59. The molecule has 2 N–H and O–H groups in total. The predicted molar refractivity (Wildman–Crippen MR) is 104 cm³/mol. The second-order valence-corrected chi connectivity index (χ2v) is 9.56. The Bertz CT molecular complexity index is 746. The minimum atomic E-state index is -2.21. The van der Waals surface area contributed by atoms with Crippen molar-refractivity contribution in [1.29, 1.82) is 0 Å². The molecular formula is C21H21NOSi. The zero-order valence-corrected chi connectivity index (χ0v) is 14.6. The van der Waals surface area contributed by atoms with E-state index in [0.717, 1.165) is 11.4 Å². The van der Waals surface area contributed by atoms with E-state index in [-0.39, 0.29) is 0 Å². The largest absolute Gasteiger partial charge is 0.496 e. The van der Waals surface area contributed by atoms with Crippen LogP contribution in [0.5, 0.6) is 5.75 Å². The van der Waals surface area contributed by atoms with Crippen LogP contribution in [0.15, 0.2) is 97.2 Å². The maximum absolute atomic E-state index is 6.16. The molecule has 120 valence electrons. The Morgan fingerprint density at radius 2 is 1.29 bits per heavy atom. The lowest BCUT2D eigenvalue weighted by Crippen LogP contribution is -2.61. The van der Waals surface area contributed by atoms with E-state index in [9.17, 15) is 0 Å². The summed E-state index contributed by atoms with van der Waals surface area (Å²) >= 11 is 0. The number of anilines is 1. The zero-order valence-electron chi connectivity index (χ0n) is 13.6. The first-order valence-electron chi connectivity index (χ1n) is 7.97. The fraction of sp³-hybridized carbons (Fsp3) is 0.0476. The molecule has 0 heterocycles. The van der Waals surface area contributed by atoms with Gasteiger partial charge in [0.2, 0.25) is 0 Å². The summed E-state index contributed by atoms with van der Waals surface area (Å²) < 4.78 is 6.16. The molecule has 0 atom stereocenters. The topological polar surface area (TPSA) is 35.2 Å². The lowest BCUT2D eigenvalue weighted by Gasteiger charge is -2.29. The summed E-state index contributed by atoms with van der Waals surface area (Å²) in [4.78, 5) is 0. The lowest BCUT2D eigenvalue weighted by atomic mass is 10.3. The molecule has 3 aromatic rings. The van der Waals surface area contributed by atoms with Crippen molar-refractivity contribution in [2.45, 2.75) is 0 Å². The summed E-state index contributed by atoms with van der Waals surface area (Å²) in [6.45, 7) is 4.17. The highest BCUT2D eigenvalue weighted by Gasteiger charge is 2.35. The molecule has 3 rings (SSSR count). The molecule has 0 aliphatic rings. The molecule has 24 heavy (non-hydrogen) atoms. The summed E-state index contributed by atoms with van der Waals surface area (Å²) in [6.07, 6.45) is 0.606. The smallest absolute Gasteiger partial charge is 0.182 e. The molecule has 0 aromatic heterocycles. The Balaban J connectivity index is 1.98. The number of rotatable bonds is 6. The van der Waals surface area contributed by atoms with Gasteiger partial charge < -0.3 is 10.5 Å². The Kier molecular flexibility index (Phi) is 4.82. The van der Waals surface area contributed by atoms with Crippen LogP contribution < -0.4 is 20.8 Å². The van der Waals surface area contributed by atoms with Crippen molar-refractivity contribution in [2.24, 2.45) is 0 Å². The number of hydrogen-bond acceptors (Lipinski definition) is 2. The SMILES string of the molecule is C=C[Si](COc1ccc(N)cc1)(c1ccccc1)c1ccccc1. The van der Waals surface area contributed by atoms with Gasteiger partial charge in [-0.05, 0) is 34.6 Å². The van der Waals surface area contributed by atoms with Crippen molar-refractivity contribution in [3.05, 3.63) is 97.2 Å². The lowest BCUT2D eigenvalue weighted by molar-refractivity contribution is 0.381. The fourth-order valence-electron chi connectivity index (χ4n) is 2.86. The summed E-state index contributed by atoms with van der Waals surface area (Å²) in [5.74, 6) is 0.829. The van der Waals surface area contributed by atoms with Gasteiger partial charge in [-0.1, -0.05) is 66.4 Å². The Hall–Kier alpha value is -2.78. The van der Waals surface area contributed by atoms with Crippen LogP contribution in [0.25, 0.3) is 0 Å². The third kappa shape index (κ3) is 3.26. The van der Waals surface area contributed by atoms with E-state index in [4.69, 9.17) is 10.5 Å². The molecule has 0 fully saturated rings. The molecule has 3 aromatic carbocycles. The number of ether oxygens (including phenoxy) is 1. The first-order chi connectivity index (χ1) is 11.7. The summed E-state index contributed by atoms with van der Waals surface area (Å²) in [7, 11) is -2.21. The number of nitrogen functional groups attached to an aromatic ring is 1. The third-order valence-corrected chi connectivity index (χ3v) is 8.30. The molecule has 0 radical (unpaired) electrons. The number of benzene rings is 3. The monoisotopic (exact) mass is 331 g/mol. The molecule has 2 nitrogen and oxygen atoms in total. The molecule has 0 amide bonds. The van der Waals surface area contributed by atoms with Crippen LogP contribution in [0.1, 0.15) is 0 Å². The van der Waals surface area contributed by atoms with Gasteiger partial charge >= 0.3 is 0 Å². The molecule has 0 spiro atoms. The van der Waals surface area contributed by atoms with E-state index in [1.165, 1.54) is 10.4 Å². The van der Waals surface area contributed by atoms with Crippen molar-refractivity contribution >= 4 is 24.1 Å². The fourth-order valence-corrected chi connectivity index (χ4v) is 6.09. The molecule has 0 bridgehead atoms. The van der Waals surface area contributed by atoms with Gasteiger partial charge in [0.15, 0.2) is 8.07 Å². The van der Waals surface area contributed by atoms with Crippen LogP contribution in [0.3, 0.4) is 0 Å². The summed E-state index contributed by atoms with van der Waals surface area (Å²) in [5.41, 5.74) is 8.60. The van der Waals surface area contributed by atoms with E-state index in [2.05, 4.69) is 60.8 Å². The van der Waals surface area contributed by atoms with Crippen molar-refractivity contribution in [3.63, 3.8) is 0 Å². The van der Waals surface area contributed by atoms with Gasteiger partial charge in [0, 0.05) is 5.69 Å². The Morgan fingerprint density at radius 3 is 1.75 bits per heavy atom. The molecule has 3 heteroatoms. The maximum atomic E-state index is 6.16. The maximum Gasteiger partial charge on any atom is 0.182 e. The molecule has 0 aliphatic heterocycles. The van der Waals surface area contributed by atoms with Gasteiger partial charge in [-0.25, -0.2) is 0 Å².